The van der Waals surface area contributed by atoms with Crippen molar-refractivity contribution in [3.05, 3.63) is 0 Å². The van der Waals surface area contributed by atoms with Crippen molar-refractivity contribution in [2.24, 2.45) is 11.5 Å². The summed E-state index contributed by atoms with van der Waals surface area (Å²) in [5.74, 6) is -10.0. The summed E-state index contributed by atoms with van der Waals surface area (Å²) < 4.78 is 0. The molecule has 0 aromatic rings. The van der Waals surface area contributed by atoms with Gasteiger partial charge in [0.25, 0.3) is 0 Å². The number of nitrogens with one attached hydrogen (secondary N) is 7. The number of rotatable bonds is 22. The maximum absolute atomic E-state index is 13.1. The van der Waals surface area contributed by atoms with Crippen molar-refractivity contribution in [3.8, 4) is 0 Å². The quantitative estimate of drug-likeness (QED) is 0.0280. The van der Waals surface area contributed by atoms with Crippen molar-refractivity contribution in [1.82, 2.24) is 36.8 Å². The number of nitrogens with zero attached hydrogens (tertiary/aromatic N) is 1. The van der Waals surface area contributed by atoms with Gasteiger partial charge >= 0.3 is 17.9 Å². The highest BCUT2D eigenvalue weighted by molar-refractivity contribution is 5.96. The molecule has 6 amide bonds. The molecule has 0 spiro atoms. The Balaban J connectivity index is 2.92. The molecule has 0 radical (unpaired) electrons. The fourth-order valence-electron chi connectivity index (χ4n) is 4.79. The van der Waals surface area contributed by atoms with Gasteiger partial charge < -0.3 is 68.7 Å². The molecule has 0 aromatic carbocycles. The molecule has 1 fully saturated rings. The van der Waals surface area contributed by atoms with Crippen LogP contribution in [0.2, 0.25) is 0 Å². The lowest BCUT2D eigenvalue weighted by atomic mass is 10.1. The number of aliphatic hydroxyl groups excluding tert-OH is 1. The number of carboxylic acid groups (broad SMARTS) is 3. The minimum absolute atomic E-state index is 0.0739. The van der Waals surface area contributed by atoms with E-state index in [1.807, 2.05) is 0 Å². The minimum Gasteiger partial charge on any atom is -0.481 e. The summed E-state index contributed by atoms with van der Waals surface area (Å²) in [5, 5.41) is 58.3. The number of guanidine groups is 1. The second-order valence-corrected chi connectivity index (χ2v) is 11.5. The summed E-state index contributed by atoms with van der Waals surface area (Å²) >= 11 is 0. The average molecular weight is 731 g/mol. The average Bonchev–Trinajstić information content (AvgIpc) is 3.54. The predicted octanol–water partition coefficient (Wildman–Crippen LogP) is -5.94. The molecule has 1 aliphatic rings. The van der Waals surface area contributed by atoms with E-state index in [1.165, 1.54) is 0 Å². The maximum Gasteiger partial charge on any atom is 0.326 e. The van der Waals surface area contributed by atoms with Crippen LogP contribution in [-0.2, 0) is 43.2 Å². The number of hydrogen-bond donors (Lipinski definition) is 13. The van der Waals surface area contributed by atoms with Crippen molar-refractivity contribution in [2.75, 3.05) is 26.2 Å². The van der Waals surface area contributed by atoms with Crippen LogP contribution >= 0.6 is 0 Å². The molecule has 286 valence electrons. The summed E-state index contributed by atoms with van der Waals surface area (Å²) in [6, 6.07) is -7.20. The topological polar surface area (TPSA) is 386 Å². The number of aliphatic carboxylic acids is 3. The van der Waals surface area contributed by atoms with E-state index in [9.17, 15) is 53.4 Å². The van der Waals surface area contributed by atoms with Gasteiger partial charge in [-0.2, -0.15) is 0 Å². The molecule has 0 unspecified atom stereocenters. The molecule has 23 nitrogen and oxygen atoms in total. The fourth-order valence-corrected chi connectivity index (χ4v) is 4.79. The number of nitrogens with two attached hydrogens (primary N) is 2. The maximum atomic E-state index is 13.1. The number of aliphatic hydroxyl groups is 1. The number of likely N-dealkylation sites (tertiary alicyclic amines) is 1. The van der Waals surface area contributed by atoms with Crippen LogP contribution in [0.5, 0.6) is 0 Å². The Morgan fingerprint density at radius 3 is 2.02 bits per heavy atom. The lowest BCUT2D eigenvalue weighted by molar-refractivity contribution is -0.148. The van der Waals surface area contributed by atoms with Crippen molar-refractivity contribution in [2.45, 2.75) is 88.2 Å². The molecule has 15 N–H and O–H groups in total. The second-order valence-electron chi connectivity index (χ2n) is 11.5. The van der Waals surface area contributed by atoms with Crippen LogP contribution in [0.4, 0.5) is 0 Å². The number of amides is 6. The van der Waals surface area contributed by atoms with E-state index in [0.717, 1.165) is 11.8 Å². The largest absolute Gasteiger partial charge is 0.481 e. The molecule has 0 aromatic heterocycles. The molecule has 51 heavy (non-hydrogen) atoms. The highest BCUT2D eigenvalue weighted by atomic mass is 16.4. The summed E-state index contributed by atoms with van der Waals surface area (Å²) in [4.78, 5) is 111. The second kappa shape index (κ2) is 21.5. The standard InChI is InChI=1S/C28H46N10O13/c1-13(39)22(26(49)34-12-19(41)38-9-3-5-17(38)27(50)51)37-25(48)16(6-7-20(42)43)35-18(40)11-33-24(47)15(4-2-8-32-28(30)31)36-23(46)14(29)10-21(44)45/h13-17,22,39H,2-12,29H2,1H3,(H,33,47)(H,34,49)(H,35,40)(H,36,46)(H,37,48)(H,42,43)(H,44,45)(H,50,51)(H4,30,31,32)/t13-,14+,15+,16+,17+,22+/m1/s1. The minimum atomic E-state index is -1.70. The molecule has 1 heterocycles. The molecule has 1 saturated heterocycles. The first-order valence-corrected chi connectivity index (χ1v) is 15.8. The van der Waals surface area contributed by atoms with Crippen molar-refractivity contribution >= 4 is 59.3 Å². The van der Waals surface area contributed by atoms with Crippen molar-refractivity contribution in [3.63, 3.8) is 0 Å². The SMILES string of the molecule is C[C@@H](O)[C@H](NC(=O)[C@H](CCC(=O)O)NC(=O)CNC(=O)[C@H](CCCNC(=N)N)NC(=O)[C@@H](N)CC(=O)O)C(=O)NCC(=O)N1CCC[C@H]1C(=O)O. The molecular formula is C28H46N10O13. The number of carboxylic acids is 3. The number of hydrogen-bond acceptors (Lipinski definition) is 12. The van der Waals surface area contributed by atoms with Gasteiger partial charge in [-0.05, 0) is 39.0 Å². The summed E-state index contributed by atoms with van der Waals surface area (Å²) in [5.41, 5.74) is 10.8. The van der Waals surface area contributed by atoms with Crippen molar-refractivity contribution in [1.29, 1.82) is 5.41 Å². The molecule has 6 atom stereocenters. The molecular weight excluding hydrogens is 684 g/mol. The summed E-state index contributed by atoms with van der Waals surface area (Å²) in [6.07, 6.45) is -2.66. The highest BCUT2D eigenvalue weighted by Gasteiger charge is 2.35. The predicted molar refractivity (Wildman–Crippen MR) is 172 cm³/mol. The Kier molecular flexibility index (Phi) is 18.3. The summed E-state index contributed by atoms with van der Waals surface area (Å²) in [7, 11) is 0. The smallest absolute Gasteiger partial charge is 0.326 e. The van der Waals surface area contributed by atoms with Crippen LogP contribution in [0.1, 0.15) is 51.9 Å². The van der Waals surface area contributed by atoms with E-state index >= 15 is 0 Å². The zero-order valence-electron chi connectivity index (χ0n) is 27.8. The monoisotopic (exact) mass is 730 g/mol. The van der Waals surface area contributed by atoms with Gasteiger partial charge in [0.15, 0.2) is 5.96 Å². The zero-order chi connectivity index (χ0) is 38.8. The lowest BCUT2D eigenvalue weighted by Gasteiger charge is -2.26. The van der Waals surface area contributed by atoms with Crippen molar-refractivity contribution < 1.29 is 63.6 Å². The number of carbonyl (C=O) groups excluding carboxylic acids is 6. The first kappa shape index (κ1) is 43.4. The first-order valence-electron chi connectivity index (χ1n) is 15.8. The zero-order valence-corrected chi connectivity index (χ0v) is 27.8. The van der Waals surface area contributed by atoms with E-state index < -0.39 is 122 Å². The van der Waals surface area contributed by atoms with Crippen LogP contribution < -0.4 is 43.4 Å². The van der Waals surface area contributed by atoms with Gasteiger partial charge in [-0.15, -0.1) is 0 Å². The Morgan fingerprint density at radius 2 is 1.45 bits per heavy atom. The van der Waals surface area contributed by atoms with Crippen LogP contribution in [0.15, 0.2) is 0 Å². The van der Waals surface area contributed by atoms with E-state index in [0.29, 0.717) is 6.42 Å². The van der Waals surface area contributed by atoms with Gasteiger partial charge in [-0.25, -0.2) is 4.79 Å². The Morgan fingerprint density at radius 1 is 0.824 bits per heavy atom. The summed E-state index contributed by atoms with van der Waals surface area (Å²) in [6.45, 7) is -0.0511. The van der Waals surface area contributed by atoms with E-state index in [2.05, 4.69) is 31.9 Å². The number of carbonyl (C=O) groups is 9. The Labute approximate surface area is 291 Å². The fraction of sp³-hybridized carbons (Fsp3) is 0.643. The molecule has 0 saturated carbocycles. The van der Waals surface area contributed by atoms with Gasteiger partial charge in [0.2, 0.25) is 35.4 Å². The normalized spacial score (nSPS) is 16.6. The molecule has 0 aliphatic carbocycles. The van der Waals surface area contributed by atoms with E-state index in [-0.39, 0.29) is 38.3 Å². The van der Waals surface area contributed by atoms with Crippen LogP contribution in [0.25, 0.3) is 0 Å². The lowest BCUT2D eigenvalue weighted by Crippen LogP contribution is -2.59. The van der Waals surface area contributed by atoms with Crippen LogP contribution in [-0.4, -0.2) is 147 Å². The Hall–Kier alpha value is -5.58. The van der Waals surface area contributed by atoms with Crippen LogP contribution in [0, 0.1) is 5.41 Å². The van der Waals surface area contributed by atoms with E-state index in [1.54, 1.807) is 0 Å². The molecule has 1 rings (SSSR count). The Bertz CT molecular complexity index is 1330. The molecule has 1 aliphatic heterocycles. The molecule has 0 bridgehead atoms. The van der Waals surface area contributed by atoms with Gasteiger partial charge in [-0.1, -0.05) is 0 Å². The highest BCUT2D eigenvalue weighted by Crippen LogP contribution is 2.17. The first-order chi connectivity index (χ1) is 23.8. The van der Waals surface area contributed by atoms with Gasteiger partial charge in [-0.3, -0.25) is 43.8 Å². The third kappa shape index (κ3) is 16.1. The third-order valence-electron chi connectivity index (χ3n) is 7.41. The van der Waals surface area contributed by atoms with Gasteiger partial charge in [0.05, 0.1) is 31.7 Å². The van der Waals surface area contributed by atoms with E-state index in [4.69, 9.17) is 27.1 Å². The molecule has 23 heteroatoms. The third-order valence-corrected chi connectivity index (χ3v) is 7.41. The van der Waals surface area contributed by atoms with Crippen LogP contribution in [0.3, 0.4) is 0 Å². The van der Waals surface area contributed by atoms with Gasteiger partial charge in [0, 0.05) is 19.5 Å². The van der Waals surface area contributed by atoms with Gasteiger partial charge in [0.1, 0.15) is 24.2 Å².